The molecular weight excluding hydrogens is 520 g/mol. The number of hydrogen-bond donors (Lipinski definition) is 0. The highest BCUT2D eigenvalue weighted by Gasteiger charge is 2.31. The normalized spacial score (nSPS) is 11.9. The van der Waals surface area contributed by atoms with Gasteiger partial charge in [0.25, 0.3) is 0 Å². The molecule has 0 radical (unpaired) electrons. The first-order valence-corrected chi connectivity index (χ1v) is 14.0. The van der Waals surface area contributed by atoms with Gasteiger partial charge in [-0.3, -0.25) is 14.6 Å². The maximum Gasteiger partial charge on any atom is 0.247 e. The van der Waals surface area contributed by atoms with E-state index in [4.69, 9.17) is 4.74 Å². The highest BCUT2D eigenvalue weighted by molar-refractivity contribution is 7.09. The van der Waals surface area contributed by atoms with Gasteiger partial charge in [-0.15, -0.1) is 11.3 Å². The molecular formula is C32H34N4O3S. The Morgan fingerprint density at radius 2 is 1.68 bits per heavy atom. The van der Waals surface area contributed by atoms with Crippen LogP contribution in [0, 0.1) is 6.92 Å². The lowest BCUT2D eigenvalue weighted by atomic mass is 10.0. The average Bonchev–Trinajstić information content (AvgIpc) is 3.42. The van der Waals surface area contributed by atoms with Gasteiger partial charge in [-0.05, 0) is 47.4 Å². The Labute approximate surface area is 239 Å². The molecule has 2 aromatic heterocycles. The third-order valence-electron chi connectivity index (χ3n) is 6.58. The van der Waals surface area contributed by atoms with Crippen LogP contribution in [0.3, 0.4) is 0 Å². The molecule has 0 fully saturated rings. The number of amides is 2. The molecule has 2 amide bonds. The van der Waals surface area contributed by atoms with Gasteiger partial charge in [-0.1, -0.05) is 54.6 Å². The number of thiazole rings is 1. The summed E-state index contributed by atoms with van der Waals surface area (Å²) < 4.78 is 5.21. The van der Waals surface area contributed by atoms with Crippen LogP contribution in [0.2, 0.25) is 0 Å². The summed E-state index contributed by atoms with van der Waals surface area (Å²) in [4.78, 5) is 39.5. The van der Waals surface area contributed by atoms with Crippen LogP contribution in [0.1, 0.15) is 21.8 Å². The van der Waals surface area contributed by atoms with E-state index in [1.54, 1.807) is 42.4 Å². The van der Waals surface area contributed by atoms with Gasteiger partial charge in [0, 0.05) is 57.5 Å². The Hall–Kier alpha value is -4.14. The zero-order chi connectivity index (χ0) is 28.3. The van der Waals surface area contributed by atoms with E-state index in [2.05, 4.69) is 9.97 Å². The second-order valence-electron chi connectivity index (χ2n) is 9.48. The molecule has 0 saturated carbocycles. The van der Waals surface area contributed by atoms with Crippen molar-refractivity contribution >= 4 is 29.2 Å². The predicted molar refractivity (Wildman–Crippen MR) is 160 cm³/mol. The van der Waals surface area contributed by atoms with Crippen molar-refractivity contribution in [1.82, 2.24) is 19.8 Å². The second-order valence-corrected chi connectivity index (χ2v) is 10.5. The summed E-state index contributed by atoms with van der Waals surface area (Å²) in [5.74, 6) is -0.390. The van der Waals surface area contributed by atoms with E-state index < -0.39 is 6.04 Å². The molecule has 8 heteroatoms. The average molecular weight is 555 g/mol. The number of carbonyl (C=O) groups excluding carboxylic acids is 2. The lowest BCUT2D eigenvalue weighted by Gasteiger charge is -2.33. The van der Waals surface area contributed by atoms with Crippen LogP contribution in [0.4, 0.5) is 0 Å². The number of aromatic nitrogens is 2. The molecule has 206 valence electrons. The van der Waals surface area contributed by atoms with Crippen molar-refractivity contribution < 1.29 is 14.3 Å². The third-order valence-corrected chi connectivity index (χ3v) is 7.37. The number of pyridine rings is 1. The predicted octanol–water partition coefficient (Wildman–Crippen LogP) is 5.27. The first kappa shape index (κ1) is 28.9. The first-order chi connectivity index (χ1) is 19.4. The number of hydrogen-bond acceptors (Lipinski definition) is 6. The molecule has 4 rings (SSSR count). The van der Waals surface area contributed by atoms with E-state index in [1.165, 1.54) is 17.4 Å². The SMILES string of the molecule is COCCN(C)C(=O)[C@H](Cc1ccccc1)N(Cc1ccc(-c2ccncc2)cc1)C(=O)/C=C/c1csc(C)n1. The molecule has 0 saturated heterocycles. The Morgan fingerprint density at radius 1 is 0.975 bits per heavy atom. The van der Waals surface area contributed by atoms with E-state index in [-0.39, 0.29) is 18.4 Å². The van der Waals surface area contributed by atoms with Crippen molar-refractivity contribution in [2.75, 3.05) is 27.3 Å². The molecule has 0 aliphatic heterocycles. The summed E-state index contributed by atoms with van der Waals surface area (Å²) in [6.45, 7) is 3.04. The topological polar surface area (TPSA) is 75.6 Å². The van der Waals surface area contributed by atoms with E-state index >= 15 is 0 Å². The van der Waals surface area contributed by atoms with Crippen molar-refractivity contribution in [3.63, 3.8) is 0 Å². The number of carbonyl (C=O) groups is 2. The summed E-state index contributed by atoms with van der Waals surface area (Å²) in [6.07, 6.45) is 7.14. The van der Waals surface area contributed by atoms with Crippen LogP contribution in [0.25, 0.3) is 17.2 Å². The molecule has 40 heavy (non-hydrogen) atoms. The molecule has 0 unspecified atom stereocenters. The highest BCUT2D eigenvalue weighted by Crippen LogP contribution is 2.22. The molecule has 4 aromatic rings. The summed E-state index contributed by atoms with van der Waals surface area (Å²) in [7, 11) is 3.36. The van der Waals surface area contributed by atoms with Crippen LogP contribution in [-0.2, 0) is 27.3 Å². The quantitative estimate of drug-likeness (QED) is 0.223. The van der Waals surface area contributed by atoms with Crippen molar-refractivity contribution in [3.05, 3.63) is 112 Å². The molecule has 0 bridgehead atoms. The molecule has 0 aliphatic carbocycles. The number of methoxy groups -OCH3 is 1. The van der Waals surface area contributed by atoms with Gasteiger partial charge in [-0.25, -0.2) is 4.98 Å². The van der Waals surface area contributed by atoms with Crippen LogP contribution in [-0.4, -0.2) is 64.9 Å². The van der Waals surface area contributed by atoms with Gasteiger partial charge >= 0.3 is 0 Å². The Morgan fingerprint density at radius 3 is 2.33 bits per heavy atom. The smallest absolute Gasteiger partial charge is 0.247 e. The third kappa shape index (κ3) is 7.94. The number of nitrogens with zero attached hydrogens (tertiary/aromatic N) is 4. The van der Waals surface area contributed by atoms with Gasteiger partial charge in [0.2, 0.25) is 11.8 Å². The molecule has 0 aliphatic rings. The van der Waals surface area contributed by atoms with Crippen molar-refractivity contribution in [3.8, 4) is 11.1 Å². The number of benzene rings is 2. The second kappa shape index (κ2) is 14.3. The Balaban J connectivity index is 1.67. The van der Waals surface area contributed by atoms with Gasteiger partial charge in [-0.2, -0.15) is 0 Å². The van der Waals surface area contributed by atoms with E-state index in [9.17, 15) is 9.59 Å². The molecule has 0 N–H and O–H groups in total. The van der Waals surface area contributed by atoms with E-state index in [0.29, 0.717) is 19.6 Å². The molecule has 0 spiro atoms. The molecule has 7 nitrogen and oxygen atoms in total. The highest BCUT2D eigenvalue weighted by atomic mass is 32.1. The minimum Gasteiger partial charge on any atom is -0.383 e. The summed E-state index contributed by atoms with van der Waals surface area (Å²) >= 11 is 1.53. The zero-order valence-corrected chi connectivity index (χ0v) is 23.9. The summed E-state index contributed by atoms with van der Waals surface area (Å²) in [5.41, 5.74) is 4.74. The van der Waals surface area contributed by atoms with Crippen molar-refractivity contribution in [2.45, 2.75) is 25.9 Å². The monoisotopic (exact) mass is 554 g/mol. The van der Waals surface area contributed by atoms with Gasteiger partial charge in [0.05, 0.1) is 17.3 Å². The van der Waals surface area contributed by atoms with E-state index in [1.807, 2.05) is 79.0 Å². The molecule has 1 atom stereocenters. The summed E-state index contributed by atoms with van der Waals surface area (Å²) in [5, 5.41) is 2.84. The van der Waals surface area contributed by atoms with Crippen molar-refractivity contribution in [1.29, 1.82) is 0 Å². The lowest BCUT2D eigenvalue weighted by Crippen LogP contribution is -2.51. The zero-order valence-electron chi connectivity index (χ0n) is 23.1. The largest absolute Gasteiger partial charge is 0.383 e. The fourth-order valence-corrected chi connectivity index (χ4v) is 4.94. The number of rotatable bonds is 12. The van der Waals surface area contributed by atoms with Gasteiger partial charge in [0.1, 0.15) is 6.04 Å². The standard InChI is InChI=1S/C32H34N4O3S/c1-24-34-29(23-40-24)13-14-31(37)36(22-26-9-11-27(12-10-26)28-15-17-33-18-16-28)30(21-25-7-5-4-6-8-25)32(38)35(2)19-20-39-3/h4-18,23,30H,19-22H2,1-3H3/b14-13+/t30-/m0/s1. The number of ether oxygens (including phenoxy) is 1. The fraction of sp³-hybridized carbons (Fsp3) is 0.250. The van der Waals surface area contributed by atoms with Crippen LogP contribution in [0.15, 0.2) is 90.6 Å². The van der Waals surface area contributed by atoms with Crippen LogP contribution >= 0.6 is 11.3 Å². The minimum absolute atomic E-state index is 0.138. The number of likely N-dealkylation sites (N-methyl/N-ethyl adjacent to an activating group) is 1. The van der Waals surface area contributed by atoms with Crippen LogP contribution < -0.4 is 0 Å². The maximum absolute atomic E-state index is 13.8. The molecule has 2 heterocycles. The van der Waals surface area contributed by atoms with Crippen molar-refractivity contribution in [2.24, 2.45) is 0 Å². The van der Waals surface area contributed by atoms with Gasteiger partial charge in [0.15, 0.2) is 0 Å². The Bertz CT molecular complexity index is 1410. The first-order valence-electron chi connectivity index (χ1n) is 13.1. The maximum atomic E-state index is 13.8. The molecule has 2 aromatic carbocycles. The number of aryl methyl sites for hydroxylation is 1. The van der Waals surface area contributed by atoms with E-state index in [0.717, 1.165) is 33.0 Å². The Kier molecular flexibility index (Phi) is 10.3. The minimum atomic E-state index is -0.710. The van der Waals surface area contributed by atoms with Gasteiger partial charge < -0.3 is 14.5 Å². The lowest BCUT2D eigenvalue weighted by molar-refractivity contribution is -0.143. The van der Waals surface area contributed by atoms with Crippen LogP contribution in [0.5, 0.6) is 0 Å². The summed E-state index contributed by atoms with van der Waals surface area (Å²) in [6, 6.07) is 21.1. The fourth-order valence-electron chi connectivity index (χ4n) is 4.36.